The van der Waals surface area contributed by atoms with Crippen LogP contribution in [0.1, 0.15) is 17.8 Å². The van der Waals surface area contributed by atoms with Gasteiger partial charge < -0.3 is 5.11 Å². The highest BCUT2D eigenvalue weighted by atomic mass is 16.3. The molecule has 0 amide bonds. The molecule has 0 aliphatic heterocycles. The third-order valence-electron chi connectivity index (χ3n) is 1.85. The number of nitrogens with zero attached hydrogens (tertiary/aromatic N) is 6. The maximum absolute atomic E-state index is 9.81. The van der Waals surface area contributed by atoms with Crippen molar-refractivity contribution in [1.29, 1.82) is 0 Å². The molecule has 2 rings (SSSR count). The van der Waals surface area contributed by atoms with Crippen molar-refractivity contribution in [1.82, 2.24) is 29.5 Å². The minimum atomic E-state index is -0.927. The van der Waals surface area contributed by atoms with Crippen molar-refractivity contribution >= 4 is 0 Å². The average Bonchev–Trinajstić information content (AvgIpc) is 2.73. The number of aliphatic hydroxyl groups is 1. The van der Waals surface area contributed by atoms with E-state index in [-0.39, 0.29) is 0 Å². The lowest BCUT2D eigenvalue weighted by molar-refractivity contribution is 0.194. The average molecular weight is 194 g/mol. The zero-order valence-electron chi connectivity index (χ0n) is 7.86. The second kappa shape index (κ2) is 3.18. The lowest BCUT2D eigenvalue weighted by Crippen LogP contribution is -2.10. The van der Waals surface area contributed by atoms with Crippen LogP contribution in [-0.4, -0.2) is 34.6 Å². The predicted molar refractivity (Wildman–Crippen MR) is 46.1 cm³/mol. The fourth-order valence-electron chi connectivity index (χ4n) is 1.15. The Balaban J connectivity index is 2.33. The van der Waals surface area contributed by atoms with E-state index in [0.29, 0.717) is 11.6 Å². The van der Waals surface area contributed by atoms with E-state index < -0.39 is 6.10 Å². The van der Waals surface area contributed by atoms with E-state index >= 15 is 0 Å². The highest BCUT2D eigenvalue weighted by Gasteiger charge is 2.19. The van der Waals surface area contributed by atoms with Crippen LogP contribution in [0, 0.1) is 0 Å². The zero-order valence-corrected chi connectivity index (χ0v) is 7.86. The predicted octanol–water partition coefficient (Wildman–Crippen LogP) is -0.975. The third kappa shape index (κ3) is 1.37. The standard InChI is InChI=1S/C7H10N6O/c1-12-4-9-6(11-12)5(14)7-8-3-10-13(7)2/h3-5,14H,1-2H3. The Morgan fingerprint density at radius 3 is 2.64 bits per heavy atom. The Labute approximate surface area is 80.0 Å². The van der Waals surface area contributed by atoms with Gasteiger partial charge in [0.2, 0.25) is 0 Å². The Morgan fingerprint density at radius 1 is 1.36 bits per heavy atom. The van der Waals surface area contributed by atoms with Crippen LogP contribution in [0.3, 0.4) is 0 Å². The second-order valence-corrected chi connectivity index (χ2v) is 2.92. The summed E-state index contributed by atoms with van der Waals surface area (Å²) in [6.45, 7) is 0. The molecule has 2 aromatic heterocycles. The topological polar surface area (TPSA) is 81.6 Å². The minimum absolute atomic E-state index is 0.323. The van der Waals surface area contributed by atoms with E-state index in [0.717, 1.165) is 0 Å². The van der Waals surface area contributed by atoms with Gasteiger partial charge >= 0.3 is 0 Å². The first kappa shape index (κ1) is 8.82. The van der Waals surface area contributed by atoms with Crippen molar-refractivity contribution in [2.75, 3.05) is 0 Å². The van der Waals surface area contributed by atoms with Gasteiger partial charge in [0.05, 0.1) is 0 Å². The lowest BCUT2D eigenvalue weighted by Gasteiger charge is -2.04. The van der Waals surface area contributed by atoms with Crippen LogP contribution in [0.15, 0.2) is 12.7 Å². The normalized spacial score (nSPS) is 13.1. The van der Waals surface area contributed by atoms with Gasteiger partial charge in [-0.25, -0.2) is 9.97 Å². The summed E-state index contributed by atoms with van der Waals surface area (Å²) in [7, 11) is 3.44. The number of hydrogen-bond donors (Lipinski definition) is 1. The molecule has 0 saturated carbocycles. The second-order valence-electron chi connectivity index (χ2n) is 2.92. The first-order chi connectivity index (χ1) is 6.68. The van der Waals surface area contributed by atoms with E-state index in [2.05, 4.69) is 20.2 Å². The van der Waals surface area contributed by atoms with Crippen LogP contribution < -0.4 is 0 Å². The number of hydrogen-bond acceptors (Lipinski definition) is 5. The maximum Gasteiger partial charge on any atom is 0.186 e. The molecular formula is C7H10N6O. The molecule has 1 unspecified atom stereocenters. The van der Waals surface area contributed by atoms with Crippen molar-refractivity contribution in [3.8, 4) is 0 Å². The van der Waals surface area contributed by atoms with Gasteiger partial charge in [0.25, 0.3) is 0 Å². The highest BCUT2D eigenvalue weighted by Crippen LogP contribution is 2.14. The summed E-state index contributed by atoms with van der Waals surface area (Å²) in [6, 6.07) is 0. The van der Waals surface area contributed by atoms with E-state index in [1.807, 2.05) is 0 Å². The summed E-state index contributed by atoms with van der Waals surface area (Å²) in [6.07, 6.45) is 1.97. The van der Waals surface area contributed by atoms with Crippen molar-refractivity contribution < 1.29 is 5.11 Å². The van der Waals surface area contributed by atoms with Gasteiger partial charge in [0.1, 0.15) is 12.7 Å². The Hall–Kier alpha value is -1.76. The fourth-order valence-corrected chi connectivity index (χ4v) is 1.15. The molecule has 2 heterocycles. The summed E-state index contributed by atoms with van der Waals surface area (Å²) in [5, 5.41) is 17.6. The summed E-state index contributed by atoms with van der Waals surface area (Å²) in [4.78, 5) is 7.85. The largest absolute Gasteiger partial charge is 0.377 e. The summed E-state index contributed by atoms with van der Waals surface area (Å²) in [5.74, 6) is 0.750. The third-order valence-corrected chi connectivity index (χ3v) is 1.85. The molecule has 1 atom stereocenters. The van der Waals surface area contributed by atoms with E-state index in [9.17, 15) is 5.11 Å². The molecule has 0 bridgehead atoms. The molecule has 74 valence electrons. The number of aliphatic hydroxyl groups excluding tert-OH is 1. The highest BCUT2D eigenvalue weighted by molar-refractivity contribution is 5.03. The molecule has 0 fully saturated rings. The van der Waals surface area contributed by atoms with Gasteiger partial charge in [-0.2, -0.15) is 10.2 Å². The van der Waals surface area contributed by atoms with Gasteiger partial charge in [-0.3, -0.25) is 9.36 Å². The Bertz CT molecular complexity index is 433. The van der Waals surface area contributed by atoms with E-state index in [4.69, 9.17) is 0 Å². The van der Waals surface area contributed by atoms with Crippen molar-refractivity contribution in [3.63, 3.8) is 0 Å². The first-order valence-electron chi connectivity index (χ1n) is 4.06. The summed E-state index contributed by atoms with van der Waals surface area (Å²) in [5.41, 5.74) is 0. The number of aromatic nitrogens is 6. The van der Waals surface area contributed by atoms with Gasteiger partial charge in [0.15, 0.2) is 17.8 Å². The van der Waals surface area contributed by atoms with Crippen molar-refractivity contribution in [2.45, 2.75) is 6.10 Å². The number of aryl methyl sites for hydroxylation is 2. The lowest BCUT2D eigenvalue weighted by atomic mass is 10.3. The Kier molecular flexibility index (Phi) is 2.01. The molecule has 0 aliphatic rings. The monoisotopic (exact) mass is 194 g/mol. The van der Waals surface area contributed by atoms with Crippen LogP contribution in [0.25, 0.3) is 0 Å². The van der Waals surface area contributed by atoms with Gasteiger partial charge in [-0.1, -0.05) is 0 Å². The molecule has 7 nitrogen and oxygen atoms in total. The molecule has 7 heteroatoms. The quantitative estimate of drug-likeness (QED) is 0.664. The maximum atomic E-state index is 9.81. The van der Waals surface area contributed by atoms with Crippen LogP contribution in [0.2, 0.25) is 0 Å². The SMILES string of the molecule is Cn1cnc(C(O)c2ncnn2C)n1. The van der Waals surface area contributed by atoms with Crippen molar-refractivity contribution in [2.24, 2.45) is 14.1 Å². The van der Waals surface area contributed by atoms with Crippen LogP contribution >= 0.6 is 0 Å². The molecule has 14 heavy (non-hydrogen) atoms. The van der Waals surface area contributed by atoms with E-state index in [1.54, 1.807) is 14.1 Å². The van der Waals surface area contributed by atoms with Gasteiger partial charge in [-0.05, 0) is 0 Å². The van der Waals surface area contributed by atoms with Crippen LogP contribution in [-0.2, 0) is 14.1 Å². The van der Waals surface area contributed by atoms with Crippen LogP contribution in [0.5, 0.6) is 0 Å². The molecule has 0 saturated heterocycles. The van der Waals surface area contributed by atoms with Crippen LogP contribution in [0.4, 0.5) is 0 Å². The summed E-state index contributed by atoms with van der Waals surface area (Å²) < 4.78 is 3.01. The number of rotatable bonds is 2. The van der Waals surface area contributed by atoms with Gasteiger partial charge in [0, 0.05) is 14.1 Å². The molecule has 1 N–H and O–H groups in total. The Morgan fingerprint density at radius 2 is 2.14 bits per heavy atom. The van der Waals surface area contributed by atoms with E-state index in [1.165, 1.54) is 22.0 Å². The molecule has 0 spiro atoms. The minimum Gasteiger partial charge on any atom is -0.377 e. The molecule has 2 aromatic rings. The smallest absolute Gasteiger partial charge is 0.186 e. The molecular weight excluding hydrogens is 184 g/mol. The zero-order chi connectivity index (χ0) is 10.1. The van der Waals surface area contributed by atoms with Gasteiger partial charge in [-0.15, -0.1) is 0 Å². The van der Waals surface area contributed by atoms with Crippen molar-refractivity contribution in [3.05, 3.63) is 24.3 Å². The summed E-state index contributed by atoms with van der Waals surface area (Å²) >= 11 is 0. The fraction of sp³-hybridized carbons (Fsp3) is 0.429. The molecule has 0 aromatic carbocycles. The molecule has 0 radical (unpaired) electrons. The first-order valence-corrected chi connectivity index (χ1v) is 4.06. The molecule has 0 aliphatic carbocycles.